The number of halogens is 5. The second kappa shape index (κ2) is 4.68. The van der Waals surface area contributed by atoms with Gasteiger partial charge in [-0.25, -0.2) is 4.39 Å². The van der Waals surface area contributed by atoms with Crippen LogP contribution in [0.5, 0.6) is 0 Å². The monoisotopic (exact) mass is 324 g/mol. The highest BCUT2D eigenvalue weighted by molar-refractivity contribution is 9.08. The minimum absolute atomic E-state index is 0.0171. The maximum Gasteiger partial charge on any atom is 0.419 e. The molecule has 0 aliphatic rings. The second-order valence-corrected chi connectivity index (χ2v) is 3.90. The lowest BCUT2D eigenvalue weighted by molar-refractivity contribution is -0.139. The summed E-state index contributed by atoms with van der Waals surface area (Å²) in [5, 5.41) is 3.83. The van der Waals surface area contributed by atoms with Gasteiger partial charge in [-0.05, 0) is 18.2 Å². The molecule has 1 heterocycles. The Morgan fingerprint density at radius 2 is 2.00 bits per heavy atom. The van der Waals surface area contributed by atoms with Gasteiger partial charge >= 0.3 is 6.18 Å². The van der Waals surface area contributed by atoms with Gasteiger partial charge < -0.3 is 4.52 Å². The molecule has 0 radical (unpaired) electrons. The zero-order valence-corrected chi connectivity index (χ0v) is 10.2. The van der Waals surface area contributed by atoms with Gasteiger partial charge in [-0.3, -0.25) is 0 Å². The van der Waals surface area contributed by atoms with Crippen LogP contribution in [0.25, 0.3) is 11.5 Å². The summed E-state index contributed by atoms with van der Waals surface area (Å²) in [7, 11) is 0. The molecule has 18 heavy (non-hydrogen) atoms. The van der Waals surface area contributed by atoms with Crippen molar-refractivity contribution >= 4 is 15.9 Å². The van der Waals surface area contributed by atoms with Crippen molar-refractivity contribution in [1.29, 1.82) is 0 Å². The van der Waals surface area contributed by atoms with Crippen molar-refractivity contribution in [2.24, 2.45) is 0 Å². The van der Waals surface area contributed by atoms with E-state index in [1.165, 1.54) is 0 Å². The maximum absolute atomic E-state index is 13.1. The van der Waals surface area contributed by atoms with Crippen LogP contribution in [-0.4, -0.2) is 10.1 Å². The molecule has 0 amide bonds. The number of benzene rings is 1. The fraction of sp³-hybridized carbons (Fsp3) is 0.200. The smallest absolute Gasteiger partial charge is 0.334 e. The van der Waals surface area contributed by atoms with Crippen molar-refractivity contribution in [2.45, 2.75) is 11.5 Å². The van der Waals surface area contributed by atoms with E-state index in [1.54, 1.807) is 0 Å². The minimum atomic E-state index is -4.77. The lowest BCUT2D eigenvalue weighted by Crippen LogP contribution is -2.08. The van der Waals surface area contributed by atoms with Crippen molar-refractivity contribution in [3.05, 3.63) is 35.4 Å². The Bertz CT molecular complexity index is 567. The summed E-state index contributed by atoms with van der Waals surface area (Å²) in [6, 6.07) is 2.51. The third-order valence-electron chi connectivity index (χ3n) is 2.11. The first-order chi connectivity index (χ1) is 8.41. The van der Waals surface area contributed by atoms with E-state index in [1.807, 2.05) is 0 Å². The van der Waals surface area contributed by atoms with Crippen molar-refractivity contribution < 1.29 is 22.1 Å². The summed E-state index contributed by atoms with van der Waals surface area (Å²) < 4.78 is 55.3. The molecule has 0 aliphatic heterocycles. The van der Waals surface area contributed by atoms with E-state index in [0.717, 1.165) is 12.1 Å². The molecule has 0 spiro atoms. The van der Waals surface area contributed by atoms with Gasteiger partial charge in [0.25, 0.3) is 5.89 Å². The third-order valence-corrected chi connectivity index (χ3v) is 2.61. The Morgan fingerprint density at radius 1 is 1.28 bits per heavy atom. The summed E-state index contributed by atoms with van der Waals surface area (Å²) in [5.74, 6) is -1.13. The topological polar surface area (TPSA) is 38.9 Å². The molecular weight excluding hydrogens is 320 g/mol. The molecular formula is C10H5BrF4N2O. The third kappa shape index (κ3) is 2.53. The quantitative estimate of drug-likeness (QED) is 0.623. The maximum atomic E-state index is 13.1. The summed E-state index contributed by atoms with van der Waals surface area (Å²) in [6.07, 6.45) is -4.77. The van der Waals surface area contributed by atoms with Gasteiger partial charge in [0, 0.05) is 5.56 Å². The molecule has 2 rings (SSSR count). The molecule has 3 nitrogen and oxygen atoms in total. The van der Waals surface area contributed by atoms with Crippen molar-refractivity contribution in [3.8, 4) is 11.5 Å². The summed E-state index contributed by atoms with van der Waals surface area (Å²) in [5.41, 5.74) is -1.35. The number of hydrogen-bond donors (Lipinski definition) is 0. The Labute approximate surface area is 107 Å². The van der Waals surface area contributed by atoms with Crippen LogP contribution in [-0.2, 0) is 11.5 Å². The van der Waals surface area contributed by atoms with Crippen LogP contribution in [0.4, 0.5) is 17.6 Å². The van der Waals surface area contributed by atoms with Crippen molar-refractivity contribution in [1.82, 2.24) is 10.1 Å². The highest BCUT2D eigenvalue weighted by atomic mass is 79.9. The fourth-order valence-electron chi connectivity index (χ4n) is 1.30. The van der Waals surface area contributed by atoms with Crippen LogP contribution < -0.4 is 0 Å². The molecule has 0 bridgehead atoms. The second-order valence-electron chi connectivity index (χ2n) is 3.34. The molecule has 0 N–H and O–H groups in total. The molecule has 1 aromatic carbocycles. The van der Waals surface area contributed by atoms with E-state index in [9.17, 15) is 17.6 Å². The van der Waals surface area contributed by atoms with Gasteiger partial charge in [0.2, 0.25) is 0 Å². The Hall–Kier alpha value is -1.44. The van der Waals surface area contributed by atoms with Gasteiger partial charge in [-0.15, -0.1) is 0 Å². The molecule has 0 atom stereocenters. The van der Waals surface area contributed by atoms with E-state index in [2.05, 4.69) is 26.1 Å². The zero-order valence-electron chi connectivity index (χ0n) is 8.63. The average molecular weight is 325 g/mol. The van der Waals surface area contributed by atoms with E-state index < -0.39 is 17.6 Å². The number of aromatic nitrogens is 2. The molecule has 0 aliphatic carbocycles. The summed E-state index contributed by atoms with van der Waals surface area (Å²) >= 11 is 3.08. The average Bonchev–Trinajstić information content (AvgIpc) is 2.76. The van der Waals surface area contributed by atoms with Crippen LogP contribution >= 0.6 is 15.9 Å². The molecule has 0 saturated carbocycles. The highest BCUT2D eigenvalue weighted by Gasteiger charge is 2.34. The van der Waals surface area contributed by atoms with Crippen molar-refractivity contribution in [2.75, 3.05) is 0 Å². The first-order valence-electron chi connectivity index (χ1n) is 4.67. The predicted octanol–water partition coefficient (Wildman–Crippen LogP) is 3.79. The first kappa shape index (κ1) is 13.0. The molecule has 1 aromatic heterocycles. The summed E-state index contributed by atoms with van der Waals surface area (Å²) in [6.45, 7) is 0. The van der Waals surface area contributed by atoms with E-state index >= 15 is 0 Å². The van der Waals surface area contributed by atoms with Gasteiger partial charge in [0.05, 0.1) is 10.9 Å². The molecule has 96 valence electrons. The van der Waals surface area contributed by atoms with E-state index in [0.29, 0.717) is 17.2 Å². The Morgan fingerprint density at radius 3 is 2.56 bits per heavy atom. The molecule has 8 heteroatoms. The van der Waals surface area contributed by atoms with Crippen LogP contribution in [0.3, 0.4) is 0 Å². The van der Waals surface area contributed by atoms with Crippen LogP contribution in [0.2, 0.25) is 0 Å². The number of rotatable bonds is 2. The number of nitrogens with zero attached hydrogens (tertiary/aromatic N) is 2. The highest BCUT2D eigenvalue weighted by Crippen LogP contribution is 2.33. The summed E-state index contributed by atoms with van der Waals surface area (Å²) in [4.78, 5) is 3.84. The standard InChI is InChI=1S/C10H5BrF4N2O/c11-4-8-16-9(18-17-8)5-1-2-7(12)6(3-5)10(13,14)15/h1-3H,4H2. The van der Waals surface area contributed by atoms with Gasteiger partial charge in [0.1, 0.15) is 5.82 Å². The van der Waals surface area contributed by atoms with E-state index in [-0.39, 0.29) is 11.5 Å². The van der Waals surface area contributed by atoms with Gasteiger partial charge in [-0.1, -0.05) is 21.1 Å². The van der Waals surface area contributed by atoms with Crippen LogP contribution in [0.15, 0.2) is 22.7 Å². The Balaban J connectivity index is 2.47. The first-order valence-corrected chi connectivity index (χ1v) is 5.79. The lowest BCUT2D eigenvalue weighted by atomic mass is 10.1. The normalized spacial score (nSPS) is 11.8. The zero-order chi connectivity index (χ0) is 13.3. The Kier molecular flexibility index (Phi) is 3.38. The largest absolute Gasteiger partial charge is 0.419 e. The van der Waals surface area contributed by atoms with Crippen LogP contribution in [0, 0.1) is 5.82 Å². The molecule has 0 saturated heterocycles. The number of hydrogen-bond acceptors (Lipinski definition) is 3. The van der Waals surface area contributed by atoms with Crippen LogP contribution in [0.1, 0.15) is 11.4 Å². The van der Waals surface area contributed by atoms with Gasteiger partial charge in [-0.2, -0.15) is 18.2 Å². The SMILES string of the molecule is Fc1ccc(-c2nc(CBr)no2)cc1C(F)(F)F. The number of alkyl halides is 4. The molecule has 0 fully saturated rings. The fourth-order valence-corrected chi connectivity index (χ4v) is 1.53. The van der Waals surface area contributed by atoms with Gasteiger partial charge in [0.15, 0.2) is 5.82 Å². The molecule has 2 aromatic rings. The minimum Gasteiger partial charge on any atom is -0.334 e. The van der Waals surface area contributed by atoms with Crippen molar-refractivity contribution in [3.63, 3.8) is 0 Å². The molecule has 0 unspecified atom stereocenters. The predicted molar refractivity (Wildman–Crippen MR) is 57.3 cm³/mol. The lowest BCUT2D eigenvalue weighted by Gasteiger charge is -2.08. The van der Waals surface area contributed by atoms with E-state index in [4.69, 9.17) is 4.52 Å².